The van der Waals surface area contributed by atoms with Crippen LogP contribution in [0.5, 0.6) is 5.75 Å². The average molecular weight is 248 g/mol. The summed E-state index contributed by atoms with van der Waals surface area (Å²) in [6.45, 7) is 4.04. The second-order valence-electron chi connectivity index (χ2n) is 4.59. The van der Waals surface area contributed by atoms with E-state index in [1.165, 1.54) is 0 Å². The van der Waals surface area contributed by atoms with E-state index in [1.807, 2.05) is 30.0 Å². The second-order valence-corrected chi connectivity index (χ2v) is 4.59. The first-order valence-corrected chi connectivity index (χ1v) is 6.48. The summed E-state index contributed by atoms with van der Waals surface area (Å²) in [6, 6.07) is 7.60. The van der Waals surface area contributed by atoms with Crippen molar-refractivity contribution < 1.29 is 9.53 Å². The second kappa shape index (κ2) is 5.87. The number of nitrogens with zero attached hydrogens (tertiary/aromatic N) is 1. The van der Waals surface area contributed by atoms with Crippen LogP contribution in [0.25, 0.3) is 0 Å². The smallest absolute Gasteiger partial charge is 0.253 e. The first kappa shape index (κ1) is 12.9. The van der Waals surface area contributed by atoms with Crippen LogP contribution in [0.3, 0.4) is 0 Å². The zero-order valence-electron chi connectivity index (χ0n) is 10.8. The van der Waals surface area contributed by atoms with E-state index in [-0.39, 0.29) is 11.9 Å². The van der Waals surface area contributed by atoms with Gasteiger partial charge in [0.05, 0.1) is 6.61 Å². The molecule has 0 spiro atoms. The Hall–Kier alpha value is -1.55. The lowest BCUT2D eigenvalue weighted by Gasteiger charge is -2.30. The molecule has 4 nitrogen and oxygen atoms in total. The van der Waals surface area contributed by atoms with E-state index in [2.05, 4.69) is 0 Å². The molecule has 1 aliphatic heterocycles. The van der Waals surface area contributed by atoms with Crippen molar-refractivity contribution >= 4 is 5.91 Å². The molecule has 4 heteroatoms. The van der Waals surface area contributed by atoms with Crippen LogP contribution in [0.2, 0.25) is 0 Å². The quantitative estimate of drug-likeness (QED) is 0.885. The van der Waals surface area contributed by atoms with Gasteiger partial charge in [-0.15, -0.1) is 0 Å². The number of carbonyl (C=O) groups excluding carboxylic acids is 1. The monoisotopic (exact) mass is 248 g/mol. The number of hydrogen-bond acceptors (Lipinski definition) is 3. The van der Waals surface area contributed by atoms with Crippen LogP contribution in [0.4, 0.5) is 0 Å². The lowest BCUT2D eigenvalue weighted by atomic mass is 10.0. The summed E-state index contributed by atoms with van der Waals surface area (Å²) in [5.74, 6) is 0.820. The van der Waals surface area contributed by atoms with E-state index < -0.39 is 0 Å². The van der Waals surface area contributed by atoms with Gasteiger partial charge in [0.2, 0.25) is 0 Å². The maximum absolute atomic E-state index is 12.3. The molecule has 1 fully saturated rings. The average Bonchev–Trinajstić information content (AvgIpc) is 2.39. The third-order valence-electron chi connectivity index (χ3n) is 3.22. The van der Waals surface area contributed by atoms with E-state index in [0.717, 1.165) is 31.7 Å². The summed E-state index contributed by atoms with van der Waals surface area (Å²) < 4.78 is 5.41. The van der Waals surface area contributed by atoms with Crippen LogP contribution in [-0.2, 0) is 0 Å². The van der Waals surface area contributed by atoms with Crippen LogP contribution in [0.1, 0.15) is 30.1 Å². The van der Waals surface area contributed by atoms with Crippen molar-refractivity contribution in [3.8, 4) is 5.75 Å². The van der Waals surface area contributed by atoms with Gasteiger partial charge >= 0.3 is 0 Å². The van der Waals surface area contributed by atoms with Gasteiger partial charge in [-0.3, -0.25) is 4.79 Å². The Bertz CT molecular complexity index is 412. The Morgan fingerprint density at radius 1 is 1.44 bits per heavy atom. The SMILES string of the molecule is CCOc1cccc(C(=O)N2CCC(N)CC2)c1. The fourth-order valence-electron chi connectivity index (χ4n) is 2.17. The number of ether oxygens (including phenoxy) is 1. The molecular formula is C14H20N2O2. The molecule has 1 aliphatic rings. The van der Waals surface area contributed by atoms with Crippen molar-refractivity contribution in [1.82, 2.24) is 4.90 Å². The minimum Gasteiger partial charge on any atom is -0.494 e. The maximum Gasteiger partial charge on any atom is 0.253 e. The maximum atomic E-state index is 12.3. The Balaban J connectivity index is 2.06. The van der Waals surface area contributed by atoms with Crippen LogP contribution in [0.15, 0.2) is 24.3 Å². The largest absolute Gasteiger partial charge is 0.494 e. The molecule has 0 saturated carbocycles. The standard InChI is InChI=1S/C14H20N2O2/c1-2-18-13-5-3-4-11(10-13)14(17)16-8-6-12(15)7-9-16/h3-5,10,12H,2,6-9,15H2,1H3. The van der Waals surface area contributed by atoms with Gasteiger partial charge in [-0.1, -0.05) is 6.07 Å². The molecule has 1 aromatic rings. The van der Waals surface area contributed by atoms with Gasteiger partial charge in [0.1, 0.15) is 5.75 Å². The summed E-state index contributed by atoms with van der Waals surface area (Å²) in [7, 11) is 0. The molecule has 1 aromatic carbocycles. The Morgan fingerprint density at radius 2 is 2.17 bits per heavy atom. The Labute approximate surface area is 108 Å². The number of rotatable bonds is 3. The molecule has 0 unspecified atom stereocenters. The summed E-state index contributed by atoms with van der Waals surface area (Å²) >= 11 is 0. The zero-order valence-corrected chi connectivity index (χ0v) is 10.8. The van der Waals surface area contributed by atoms with Crippen molar-refractivity contribution in [2.24, 2.45) is 5.73 Å². The molecule has 1 heterocycles. The van der Waals surface area contributed by atoms with Gasteiger partial charge in [-0.2, -0.15) is 0 Å². The molecule has 2 rings (SSSR count). The minimum absolute atomic E-state index is 0.0726. The fraction of sp³-hybridized carbons (Fsp3) is 0.500. The van der Waals surface area contributed by atoms with Crippen LogP contribution in [-0.4, -0.2) is 36.5 Å². The number of likely N-dealkylation sites (tertiary alicyclic amines) is 1. The number of benzene rings is 1. The van der Waals surface area contributed by atoms with Gasteiger partial charge in [0, 0.05) is 24.7 Å². The molecule has 98 valence electrons. The first-order chi connectivity index (χ1) is 8.70. The molecule has 2 N–H and O–H groups in total. The molecule has 0 bridgehead atoms. The van der Waals surface area contributed by atoms with E-state index >= 15 is 0 Å². The number of carbonyl (C=O) groups is 1. The topological polar surface area (TPSA) is 55.6 Å². The molecule has 0 atom stereocenters. The minimum atomic E-state index is 0.0726. The lowest BCUT2D eigenvalue weighted by molar-refractivity contribution is 0.0714. The van der Waals surface area contributed by atoms with E-state index in [1.54, 1.807) is 6.07 Å². The highest BCUT2D eigenvalue weighted by Crippen LogP contribution is 2.17. The van der Waals surface area contributed by atoms with E-state index in [4.69, 9.17) is 10.5 Å². The van der Waals surface area contributed by atoms with Gasteiger partial charge < -0.3 is 15.4 Å². The van der Waals surface area contributed by atoms with Crippen molar-refractivity contribution in [3.05, 3.63) is 29.8 Å². The summed E-state index contributed by atoms with van der Waals surface area (Å²) in [6.07, 6.45) is 1.77. The zero-order chi connectivity index (χ0) is 13.0. The van der Waals surface area contributed by atoms with Crippen molar-refractivity contribution in [1.29, 1.82) is 0 Å². The number of amides is 1. The van der Waals surface area contributed by atoms with Gasteiger partial charge in [-0.05, 0) is 38.0 Å². The van der Waals surface area contributed by atoms with E-state index in [0.29, 0.717) is 12.2 Å². The van der Waals surface area contributed by atoms with Crippen LogP contribution < -0.4 is 10.5 Å². The molecular weight excluding hydrogens is 228 g/mol. The Kier molecular flexibility index (Phi) is 4.20. The Morgan fingerprint density at radius 3 is 2.83 bits per heavy atom. The van der Waals surface area contributed by atoms with Crippen molar-refractivity contribution in [2.75, 3.05) is 19.7 Å². The predicted molar refractivity (Wildman–Crippen MR) is 70.7 cm³/mol. The number of hydrogen-bond donors (Lipinski definition) is 1. The van der Waals surface area contributed by atoms with Gasteiger partial charge in [0.15, 0.2) is 0 Å². The summed E-state index contributed by atoms with van der Waals surface area (Å²) in [5, 5.41) is 0. The van der Waals surface area contributed by atoms with Crippen LogP contribution >= 0.6 is 0 Å². The van der Waals surface area contributed by atoms with Crippen molar-refractivity contribution in [3.63, 3.8) is 0 Å². The molecule has 1 saturated heterocycles. The number of piperidine rings is 1. The highest BCUT2D eigenvalue weighted by molar-refractivity contribution is 5.94. The van der Waals surface area contributed by atoms with Crippen molar-refractivity contribution in [2.45, 2.75) is 25.8 Å². The summed E-state index contributed by atoms with van der Waals surface area (Å²) in [4.78, 5) is 14.2. The highest BCUT2D eigenvalue weighted by Gasteiger charge is 2.21. The molecule has 18 heavy (non-hydrogen) atoms. The molecule has 0 radical (unpaired) electrons. The molecule has 0 aromatic heterocycles. The predicted octanol–water partition coefficient (Wildman–Crippen LogP) is 1.65. The lowest BCUT2D eigenvalue weighted by Crippen LogP contribution is -2.42. The summed E-state index contributed by atoms with van der Waals surface area (Å²) in [5.41, 5.74) is 6.53. The fourth-order valence-corrected chi connectivity index (χ4v) is 2.17. The number of nitrogens with two attached hydrogens (primary N) is 1. The van der Waals surface area contributed by atoms with Gasteiger partial charge in [-0.25, -0.2) is 0 Å². The van der Waals surface area contributed by atoms with Crippen LogP contribution in [0, 0.1) is 0 Å². The third-order valence-corrected chi connectivity index (χ3v) is 3.22. The normalized spacial score (nSPS) is 16.7. The van der Waals surface area contributed by atoms with Gasteiger partial charge in [0.25, 0.3) is 5.91 Å². The first-order valence-electron chi connectivity index (χ1n) is 6.48. The highest BCUT2D eigenvalue weighted by atomic mass is 16.5. The molecule has 1 amide bonds. The van der Waals surface area contributed by atoms with E-state index in [9.17, 15) is 4.79 Å². The third kappa shape index (κ3) is 3.01. The molecule has 0 aliphatic carbocycles.